The van der Waals surface area contributed by atoms with Crippen molar-refractivity contribution in [1.29, 1.82) is 0 Å². The molecule has 0 aliphatic heterocycles. The summed E-state index contributed by atoms with van der Waals surface area (Å²) in [4.78, 5) is 0. The second-order valence-corrected chi connectivity index (χ2v) is 4.04. The van der Waals surface area contributed by atoms with Crippen LogP contribution in [0.15, 0.2) is 30.3 Å². The molecule has 1 saturated carbocycles. The van der Waals surface area contributed by atoms with Crippen LogP contribution in [0.2, 0.25) is 0 Å². The van der Waals surface area contributed by atoms with Crippen molar-refractivity contribution in [2.45, 2.75) is 31.7 Å². The molecule has 0 bridgehead atoms. The van der Waals surface area contributed by atoms with Gasteiger partial charge in [0, 0.05) is 6.04 Å². The number of aryl methyl sites for hydroxylation is 1. The molecule has 2 N–H and O–H groups in total. The van der Waals surface area contributed by atoms with E-state index in [1.807, 2.05) is 0 Å². The van der Waals surface area contributed by atoms with Gasteiger partial charge in [0.1, 0.15) is 0 Å². The van der Waals surface area contributed by atoms with Gasteiger partial charge in [-0.25, -0.2) is 0 Å². The van der Waals surface area contributed by atoms with Crippen LogP contribution in [0.5, 0.6) is 0 Å². The lowest BCUT2D eigenvalue weighted by molar-refractivity contribution is 0.648. The molecule has 0 aromatic heterocycles. The normalized spacial score (nSPS) is 25.9. The van der Waals surface area contributed by atoms with Crippen molar-refractivity contribution in [3.05, 3.63) is 35.9 Å². The third-order valence-corrected chi connectivity index (χ3v) is 2.86. The molecular formula is C12H17N. The monoisotopic (exact) mass is 175 g/mol. The third-order valence-electron chi connectivity index (χ3n) is 2.86. The van der Waals surface area contributed by atoms with Gasteiger partial charge < -0.3 is 5.73 Å². The molecule has 1 aliphatic carbocycles. The summed E-state index contributed by atoms with van der Waals surface area (Å²) in [6.45, 7) is 0. The highest BCUT2D eigenvalue weighted by Gasteiger charge is 2.32. The van der Waals surface area contributed by atoms with Gasteiger partial charge >= 0.3 is 0 Å². The number of rotatable bonds is 4. The summed E-state index contributed by atoms with van der Waals surface area (Å²) < 4.78 is 0. The van der Waals surface area contributed by atoms with E-state index in [-0.39, 0.29) is 0 Å². The van der Waals surface area contributed by atoms with Crippen LogP contribution in [0.1, 0.15) is 24.8 Å². The first-order valence-corrected chi connectivity index (χ1v) is 5.16. The Labute approximate surface area is 80.0 Å². The van der Waals surface area contributed by atoms with Gasteiger partial charge in [0.15, 0.2) is 0 Å². The van der Waals surface area contributed by atoms with Gasteiger partial charge in [0.25, 0.3) is 0 Å². The maximum Gasteiger partial charge on any atom is 0.00709 e. The Bertz CT molecular complexity index is 255. The fraction of sp³-hybridized carbons (Fsp3) is 0.500. The molecule has 0 saturated heterocycles. The Kier molecular flexibility index (Phi) is 2.65. The molecule has 1 aromatic rings. The molecule has 2 rings (SSSR count). The van der Waals surface area contributed by atoms with Crippen molar-refractivity contribution < 1.29 is 0 Å². The highest BCUT2D eigenvalue weighted by Crippen LogP contribution is 2.32. The zero-order valence-corrected chi connectivity index (χ0v) is 7.95. The molecule has 0 unspecified atom stereocenters. The maximum atomic E-state index is 5.75. The third kappa shape index (κ3) is 2.56. The molecule has 1 nitrogen and oxygen atoms in total. The van der Waals surface area contributed by atoms with Crippen molar-refractivity contribution in [2.24, 2.45) is 11.7 Å². The van der Waals surface area contributed by atoms with E-state index < -0.39 is 0 Å². The molecule has 2 atom stereocenters. The smallest absolute Gasteiger partial charge is 0.00709 e. The van der Waals surface area contributed by atoms with Crippen molar-refractivity contribution in [3.8, 4) is 0 Å². The van der Waals surface area contributed by atoms with Crippen molar-refractivity contribution >= 4 is 0 Å². The average Bonchev–Trinajstić information content (AvgIpc) is 2.84. The Morgan fingerprint density at radius 3 is 2.54 bits per heavy atom. The van der Waals surface area contributed by atoms with Crippen molar-refractivity contribution in [3.63, 3.8) is 0 Å². The lowest BCUT2D eigenvalue weighted by atomic mass is 10.1. The predicted molar refractivity (Wildman–Crippen MR) is 55.5 cm³/mol. The number of benzene rings is 1. The van der Waals surface area contributed by atoms with E-state index in [1.54, 1.807) is 0 Å². The molecule has 0 heterocycles. The molecule has 0 radical (unpaired) electrons. The first-order chi connectivity index (χ1) is 6.36. The van der Waals surface area contributed by atoms with Gasteiger partial charge in [-0.05, 0) is 37.2 Å². The second kappa shape index (κ2) is 3.93. The molecule has 1 aromatic carbocycles. The minimum Gasteiger partial charge on any atom is -0.327 e. The summed E-state index contributed by atoms with van der Waals surface area (Å²) >= 11 is 0. The van der Waals surface area contributed by atoms with Crippen LogP contribution >= 0.6 is 0 Å². The fourth-order valence-electron chi connectivity index (χ4n) is 1.82. The minimum absolute atomic E-state index is 0.524. The quantitative estimate of drug-likeness (QED) is 0.747. The standard InChI is InChI=1S/C12H17N/c13-12-9-11(12)8-4-7-10-5-2-1-3-6-10/h1-3,5-6,11-12H,4,7-9,13H2/t11-,12-/m0/s1. The summed E-state index contributed by atoms with van der Waals surface area (Å²) in [5, 5.41) is 0. The van der Waals surface area contributed by atoms with Crippen LogP contribution < -0.4 is 5.73 Å². The van der Waals surface area contributed by atoms with E-state index in [0.29, 0.717) is 6.04 Å². The van der Waals surface area contributed by atoms with Crippen molar-refractivity contribution in [2.75, 3.05) is 0 Å². The van der Waals surface area contributed by atoms with Gasteiger partial charge in [-0.2, -0.15) is 0 Å². The van der Waals surface area contributed by atoms with Gasteiger partial charge in [0.2, 0.25) is 0 Å². The largest absolute Gasteiger partial charge is 0.327 e. The maximum absolute atomic E-state index is 5.75. The molecule has 13 heavy (non-hydrogen) atoms. The van der Waals surface area contributed by atoms with Crippen LogP contribution in [0.25, 0.3) is 0 Å². The van der Waals surface area contributed by atoms with Crippen LogP contribution in [0.3, 0.4) is 0 Å². The average molecular weight is 175 g/mol. The van der Waals surface area contributed by atoms with Gasteiger partial charge in [0.05, 0.1) is 0 Å². The lowest BCUT2D eigenvalue weighted by Gasteiger charge is -1.99. The Morgan fingerprint density at radius 1 is 1.23 bits per heavy atom. The van der Waals surface area contributed by atoms with Gasteiger partial charge in [-0.1, -0.05) is 30.3 Å². The molecular weight excluding hydrogens is 158 g/mol. The van der Waals surface area contributed by atoms with E-state index in [2.05, 4.69) is 30.3 Å². The predicted octanol–water partition coefficient (Wildman–Crippen LogP) is 2.36. The summed E-state index contributed by atoms with van der Waals surface area (Å²) in [6, 6.07) is 11.2. The van der Waals surface area contributed by atoms with Crippen LogP contribution in [-0.4, -0.2) is 6.04 Å². The van der Waals surface area contributed by atoms with Gasteiger partial charge in [-0.15, -0.1) is 0 Å². The molecule has 1 fully saturated rings. The van der Waals surface area contributed by atoms with Crippen molar-refractivity contribution in [1.82, 2.24) is 0 Å². The summed E-state index contributed by atoms with van der Waals surface area (Å²) in [6.07, 6.45) is 5.08. The molecule has 1 aliphatic rings. The van der Waals surface area contributed by atoms with E-state index in [9.17, 15) is 0 Å². The molecule has 0 spiro atoms. The van der Waals surface area contributed by atoms with E-state index in [1.165, 1.54) is 31.2 Å². The zero-order chi connectivity index (χ0) is 9.10. The lowest BCUT2D eigenvalue weighted by Crippen LogP contribution is -2.01. The Hall–Kier alpha value is -0.820. The topological polar surface area (TPSA) is 26.0 Å². The highest BCUT2D eigenvalue weighted by molar-refractivity contribution is 5.14. The first-order valence-electron chi connectivity index (χ1n) is 5.16. The Morgan fingerprint density at radius 2 is 1.92 bits per heavy atom. The van der Waals surface area contributed by atoms with E-state index in [4.69, 9.17) is 5.73 Å². The molecule has 0 amide bonds. The number of hydrogen-bond acceptors (Lipinski definition) is 1. The fourth-order valence-corrected chi connectivity index (χ4v) is 1.82. The SMILES string of the molecule is N[C@H]1C[C@@H]1CCCc1ccccc1. The van der Waals surface area contributed by atoms with E-state index in [0.717, 1.165) is 5.92 Å². The Balaban J connectivity index is 1.68. The summed E-state index contributed by atoms with van der Waals surface area (Å²) in [5.74, 6) is 0.837. The van der Waals surface area contributed by atoms with Crippen LogP contribution in [0.4, 0.5) is 0 Å². The summed E-state index contributed by atoms with van der Waals surface area (Å²) in [5.41, 5.74) is 7.20. The highest BCUT2D eigenvalue weighted by atomic mass is 14.7. The minimum atomic E-state index is 0.524. The molecule has 70 valence electrons. The van der Waals surface area contributed by atoms with E-state index >= 15 is 0 Å². The number of hydrogen-bond donors (Lipinski definition) is 1. The summed E-state index contributed by atoms with van der Waals surface area (Å²) in [7, 11) is 0. The zero-order valence-electron chi connectivity index (χ0n) is 7.95. The van der Waals surface area contributed by atoms with Crippen LogP contribution in [0, 0.1) is 5.92 Å². The van der Waals surface area contributed by atoms with Gasteiger partial charge in [-0.3, -0.25) is 0 Å². The first kappa shape index (κ1) is 8.76. The number of nitrogens with two attached hydrogens (primary N) is 1. The molecule has 1 heteroatoms. The van der Waals surface area contributed by atoms with Crippen LogP contribution in [-0.2, 0) is 6.42 Å². The second-order valence-electron chi connectivity index (χ2n) is 4.04.